The van der Waals surface area contributed by atoms with Crippen LogP contribution in [0, 0.1) is 6.92 Å². The molecule has 82 valence electrons. The van der Waals surface area contributed by atoms with Crippen molar-refractivity contribution in [3.05, 3.63) is 53.9 Å². The molecule has 2 nitrogen and oxygen atoms in total. The Kier molecular flexibility index (Phi) is 3.32. The normalized spacial score (nSPS) is 10.4. The maximum atomic E-state index is 4.28. The molecule has 0 unspecified atom stereocenters. The van der Waals surface area contributed by atoms with E-state index < -0.39 is 0 Å². The van der Waals surface area contributed by atoms with Gasteiger partial charge in [-0.1, -0.05) is 24.3 Å². The minimum absolute atomic E-state index is 0.854. The number of benzene rings is 1. The van der Waals surface area contributed by atoms with Gasteiger partial charge in [-0.05, 0) is 36.7 Å². The smallest absolute Gasteiger partial charge is 0.0346 e. The molecule has 0 aliphatic rings. The van der Waals surface area contributed by atoms with E-state index in [2.05, 4.69) is 47.6 Å². The lowest BCUT2D eigenvalue weighted by Gasteiger charge is -2.07. The van der Waals surface area contributed by atoms with Gasteiger partial charge < -0.3 is 5.32 Å². The van der Waals surface area contributed by atoms with Crippen LogP contribution in [-0.2, 0) is 6.54 Å². The van der Waals surface area contributed by atoms with Crippen molar-refractivity contribution in [1.82, 2.24) is 10.3 Å². The van der Waals surface area contributed by atoms with E-state index in [0.29, 0.717) is 0 Å². The number of aromatic nitrogens is 1. The standard InChI is InChI=1S/C14H16N2/c1-11-5-3-4-6-14(11)13-7-12(8-15-2)9-16-10-13/h3-7,9-10,15H,8H2,1-2H3. The molecule has 16 heavy (non-hydrogen) atoms. The molecule has 0 saturated carbocycles. The lowest BCUT2D eigenvalue weighted by Crippen LogP contribution is -2.05. The number of aryl methyl sites for hydroxylation is 1. The van der Waals surface area contributed by atoms with E-state index in [9.17, 15) is 0 Å². The first-order chi connectivity index (χ1) is 7.81. The molecule has 2 aromatic rings. The Bertz CT molecular complexity index is 478. The zero-order valence-electron chi connectivity index (χ0n) is 9.70. The van der Waals surface area contributed by atoms with Crippen molar-refractivity contribution < 1.29 is 0 Å². The highest BCUT2D eigenvalue weighted by atomic mass is 14.8. The van der Waals surface area contributed by atoms with Crippen LogP contribution in [0.1, 0.15) is 11.1 Å². The molecule has 1 N–H and O–H groups in total. The van der Waals surface area contributed by atoms with Gasteiger partial charge >= 0.3 is 0 Å². The second-order valence-electron chi connectivity index (χ2n) is 3.93. The summed E-state index contributed by atoms with van der Waals surface area (Å²) in [5, 5.41) is 3.14. The molecule has 2 heteroatoms. The van der Waals surface area contributed by atoms with E-state index >= 15 is 0 Å². The highest BCUT2D eigenvalue weighted by Gasteiger charge is 2.02. The first kappa shape index (κ1) is 10.8. The van der Waals surface area contributed by atoms with Crippen LogP contribution in [0.2, 0.25) is 0 Å². The molecule has 0 spiro atoms. The van der Waals surface area contributed by atoms with Crippen LogP contribution in [0.4, 0.5) is 0 Å². The van der Waals surface area contributed by atoms with Crippen molar-refractivity contribution in [2.45, 2.75) is 13.5 Å². The molecule has 0 saturated heterocycles. The van der Waals surface area contributed by atoms with Gasteiger partial charge in [0.15, 0.2) is 0 Å². The predicted octanol–water partition coefficient (Wildman–Crippen LogP) is 2.78. The van der Waals surface area contributed by atoms with Gasteiger partial charge in [-0.3, -0.25) is 4.98 Å². The van der Waals surface area contributed by atoms with E-state index in [1.54, 1.807) is 0 Å². The Balaban J connectivity index is 2.40. The monoisotopic (exact) mass is 212 g/mol. The second-order valence-corrected chi connectivity index (χ2v) is 3.93. The van der Waals surface area contributed by atoms with Crippen molar-refractivity contribution in [2.24, 2.45) is 0 Å². The Morgan fingerprint density at radius 3 is 2.75 bits per heavy atom. The first-order valence-corrected chi connectivity index (χ1v) is 5.46. The van der Waals surface area contributed by atoms with Crippen LogP contribution in [0.3, 0.4) is 0 Å². The van der Waals surface area contributed by atoms with Crippen LogP contribution in [-0.4, -0.2) is 12.0 Å². The van der Waals surface area contributed by atoms with Crippen molar-refractivity contribution in [2.75, 3.05) is 7.05 Å². The molecule has 0 aliphatic heterocycles. The third kappa shape index (κ3) is 2.28. The summed E-state index contributed by atoms with van der Waals surface area (Å²) in [6.07, 6.45) is 3.82. The molecule has 0 radical (unpaired) electrons. The van der Waals surface area contributed by atoms with E-state index in [1.165, 1.54) is 22.3 Å². The molecule has 0 atom stereocenters. The maximum Gasteiger partial charge on any atom is 0.0346 e. The third-order valence-corrected chi connectivity index (χ3v) is 2.63. The summed E-state index contributed by atoms with van der Waals surface area (Å²) in [5.74, 6) is 0. The zero-order valence-corrected chi connectivity index (χ0v) is 9.70. The summed E-state index contributed by atoms with van der Waals surface area (Å²) in [4.78, 5) is 4.28. The number of nitrogens with one attached hydrogen (secondary N) is 1. The van der Waals surface area contributed by atoms with Crippen LogP contribution in [0.5, 0.6) is 0 Å². The van der Waals surface area contributed by atoms with E-state index in [0.717, 1.165) is 6.54 Å². The molecule has 0 bridgehead atoms. The number of hydrogen-bond acceptors (Lipinski definition) is 2. The van der Waals surface area contributed by atoms with Crippen LogP contribution < -0.4 is 5.32 Å². The lowest BCUT2D eigenvalue weighted by atomic mass is 10.0. The molecule has 1 heterocycles. The van der Waals surface area contributed by atoms with Crippen LogP contribution in [0.15, 0.2) is 42.7 Å². The molecular formula is C14H16N2. The summed E-state index contributed by atoms with van der Waals surface area (Å²) in [6.45, 7) is 2.98. The summed E-state index contributed by atoms with van der Waals surface area (Å²) in [5.41, 5.74) is 4.94. The van der Waals surface area contributed by atoms with Gasteiger partial charge in [0, 0.05) is 24.5 Å². The fraction of sp³-hybridized carbons (Fsp3) is 0.214. The Morgan fingerprint density at radius 2 is 2.00 bits per heavy atom. The Morgan fingerprint density at radius 1 is 1.19 bits per heavy atom. The highest BCUT2D eigenvalue weighted by molar-refractivity contribution is 5.66. The van der Waals surface area contributed by atoms with Crippen molar-refractivity contribution in [3.8, 4) is 11.1 Å². The van der Waals surface area contributed by atoms with E-state index in [1.807, 2.05) is 19.4 Å². The third-order valence-electron chi connectivity index (χ3n) is 2.63. The van der Waals surface area contributed by atoms with Crippen molar-refractivity contribution in [3.63, 3.8) is 0 Å². The average Bonchev–Trinajstić information content (AvgIpc) is 2.30. The zero-order chi connectivity index (χ0) is 11.4. The van der Waals surface area contributed by atoms with E-state index in [-0.39, 0.29) is 0 Å². The summed E-state index contributed by atoms with van der Waals surface area (Å²) < 4.78 is 0. The van der Waals surface area contributed by atoms with Crippen LogP contribution >= 0.6 is 0 Å². The first-order valence-electron chi connectivity index (χ1n) is 5.46. The minimum Gasteiger partial charge on any atom is -0.316 e. The summed E-state index contributed by atoms with van der Waals surface area (Å²) >= 11 is 0. The molecular weight excluding hydrogens is 196 g/mol. The highest BCUT2D eigenvalue weighted by Crippen LogP contribution is 2.22. The average molecular weight is 212 g/mol. The lowest BCUT2D eigenvalue weighted by molar-refractivity contribution is 0.813. The Labute approximate surface area is 96.4 Å². The second kappa shape index (κ2) is 4.90. The number of nitrogens with zero attached hydrogens (tertiary/aromatic N) is 1. The quantitative estimate of drug-likeness (QED) is 0.846. The molecule has 0 fully saturated rings. The van der Waals surface area contributed by atoms with E-state index in [4.69, 9.17) is 0 Å². The van der Waals surface area contributed by atoms with Gasteiger partial charge in [0.05, 0.1) is 0 Å². The largest absolute Gasteiger partial charge is 0.316 e. The maximum absolute atomic E-state index is 4.28. The number of hydrogen-bond donors (Lipinski definition) is 1. The van der Waals surface area contributed by atoms with Gasteiger partial charge in [-0.15, -0.1) is 0 Å². The number of rotatable bonds is 3. The van der Waals surface area contributed by atoms with Gasteiger partial charge in [0.25, 0.3) is 0 Å². The SMILES string of the molecule is CNCc1cncc(-c2ccccc2C)c1. The summed E-state index contributed by atoms with van der Waals surface area (Å²) in [6, 6.07) is 10.6. The van der Waals surface area contributed by atoms with Gasteiger partial charge in [-0.2, -0.15) is 0 Å². The summed E-state index contributed by atoms with van der Waals surface area (Å²) in [7, 11) is 1.94. The van der Waals surface area contributed by atoms with Crippen molar-refractivity contribution in [1.29, 1.82) is 0 Å². The molecule has 1 aromatic carbocycles. The fourth-order valence-electron chi connectivity index (χ4n) is 1.83. The predicted molar refractivity (Wildman–Crippen MR) is 67.2 cm³/mol. The van der Waals surface area contributed by atoms with Gasteiger partial charge in [0.2, 0.25) is 0 Å². The number of pyridine rings is 1. The molecule has 0 amide bonds. The minimum atomic E-state index is 0.854. The Hall–Kier alpha value is -1.67. The fourth-order valence-corrected chi connectivity index (χ4v) is 1.83. The molecule has 1 aromatic heterocycles. The van der Waals surface area contributed by atoms with Crippen molar-refractivity contribution >= 4 is 0 Å². The van der Waals surface area contributed by atoms with Gasteiger partial charge in [0.1, 0.15) is 0 Å². The molecule has 2 rings (SSSR count). The molecule has 0 aliphatic carbocycles. The topological polar surface area (TPSA) is 24.9 Å². The van der Waals surface area contributed by atoms with Crippen LogP contribution in [0.25, 0.3) is 11.1 Å². The van der Waals surface area contributed by atoms with Gasteiger partial charge in [-0.25, -0.2) is 0 Å².